The van der Waals surface area contributed by atoms with Gasteiger partial charge in [0, 0.05) is 0 Å². The molecule has 1 heterocycles. The molecule has 1 aromatic carbocycles. The van der Waals surface area contributed by atoms with Gasteiger partial charge in [-0.2, -0.15) is 11.3 Å². The third-order valence-corrected chi connectivity index (χ3v) is 3.32. The average molecular weight is 232 g/mol. The summed E-state index contributed by atoms with van der Waals surface area (Å²) in [6.07, 6.45) is 0. The summed E-state index contributed by atoms with van der Waals surface area (Å²) in [6, 6.07) is 9.76. The lowest BCUT2D eigenvalue weighted by Gasteiger charge is -2.07. The van der Waals surface area contributed by atoms with Crippen LogP contribution in [0.15, 0.2) is 41.1 Å². The van der Waals surface area contributed by atoms with Gasteiger partial charge >= 0.3 is 5.97 Å². The third kappa shape index (κ3) is 2.14. The Hall–Kier alpha value is -1.61. The van der Waals surface area contributed by atoms with Crippen molar-refractivity contribution in [1.29, 1.82) is 0 Å². The molecular formula is C13H12O2S. The lowest BCUT2D eigenvalue weighted by atomic mass is 9.99. The SMILES string of the molecule is C[C@@H](C(=O)O)c1ccc(-c2ccsc2)cc1. The zero-order valence-corrected chi connectivity index (χ0v) is 9.70. The molecular weight excluding hydrogens is 220 g/mol. The van der Waals surface area contributed by atoms with Gasteiger partial charge in [0.25, 0.3) is 0 Å². The number of carboxylic acid groups (broad SMARTS) is 1. The van der Waals surface area contributed by atoms with Crippen LogP contribution in [-0.2, 0) is 4.79 Å². The van der Waals surface area contributed by atoms with E-state index in [-0.39, 0.29) is 0 Å². The first-order valence-corrected chi connectivity index (χ1v) is 5.98. The second kappa shape index (κ2) is 4.49. The Morgan fingerprint density at radius 2 is 1.88 bits per heavy atom. The molecule has 0 aliphatic carbocycles. The molecule has 2 rings (SSSR count). The molecule has 82 valence electrons. The fraction of sp³-hybridized carbons (Fsp3) is 0.154. The Morgan fingerprint density at radius 3 is 2.38 bits per heavy atom. The van der Waals surface area contributed by atoms with Gasteiger partial charge in [0.05, 0.1) is 5.92 Å². The van der Waals surface area contributed by atoms with E-state index in [0.29, 0.717) is 0 Å². The number of hydrogen-bond donors (Lipinski definition) is 1. The Balaban J connectivity index is 2.26. The first-order valence-electron chi connectivity index (χ1n) is 5.04. The van der Waals surface area contributed by atoms with Gasteiger partial charge in [-0.15, -0.1) is 0 Å². The average Bonchev–Trinajstić information content (AvgIpc) is 2.81. The van der Waals surface area contributed by atoms with Crippen LogP contribution in [-0.4, -0.2) is 11.1 Å². The van der Waals surface area contributed by atoms with E-state index >= 15 is 0 Å². The van der Waals surface area contributed by atoms with E-state index in [2.05, 4.69) is 11.4 Å². The predicted octanol–water partition coefficient (Wildman–Crippen LogP) is 3.60. The maximum Gasteiger partial charge on any atom is 0.310 e. The van der Waals surface area contributed by atoms with Gasteiger partial charge in [-0.1, -0.05) is 24.3 Å². The topological polar surface area (TPSA) is 37.3 Å². The third-order valence-electron chi connectivity index (χ3n) is 2.64. The van der Waals surface area contributed by atoms with Gasteiger partial charge in [0.2, 0.25) is 0 Å². The first-order chi connectivity index (χ1) is 7.68. The minimum absolute atomic E-state index is 0.448. The maximum atomic E-state index is 10.8. The molecule has 3 heteroatoms. The molecule has 0 saturated carbocycles. The molecule has 0 fully saturated rings. The quantitative estimate of drug-likeness (QED) is 0.877. The standard InChI is InChI=1S/C13H12O2S/c1-9(13(14)15)10-2-4-11(5-3-10)12-6-7-16-8-12/h2-9H,1H3,(H,14,15)/t9-/m1/s1. The molecule has 0 amide bonds. The van der Waals surface area contributed by atoms with Crippen molar-refractivity contribution in [3.05, 3.63) is 46.7 Å². The molecule has 16 heavy (non-hydrogen) atoms. The number of hydrogen-bond acceptors (Lipinski definition) is 2. The number of benzene rings is 1. The zero-order chi connectivity index (χ0) is 11.5. The molecule has 1 atom stereocenters. The van der Waals surface area contributed by atoms with Gasteiger partial charge in [-0.25, -0.2) is 0 Å². The minimum Gasteiger partial charge on any atom is -0.481 e. The molecule has 1 aromatic heterocycles. The molecule has 0 aliphatic rings. The fourth-order valence-corrected chi connectivity index (χ4v) is 2.20. The van der Waals surface area contributed by atoms with Crippen LogP contribution in [0.4, 0.5) is 0 Å². The second-order valence-electron chi connectivity index (χ2n) is 3.69. The minimum atomic E-state index is -0.789. The van der Waals surface area contributed by atoms with Crippen molar-refractivity contribution in [2.75, 3.05) is 0 Å². The van der Waals surface area contributed by atoms with Crippen LogP contribution < -0.4 is 0 Å². The lowest BCUT2D eigenvalue weighted by molar-refractivity contribution is -0.138. The number of thiophene rings is 1. The molecule has 0 aliphatic heterocycles. The van der Waals surface area contributed by atoms with Crippen molar-refractivity contribution >= 4 is 17.3 Å². The molecule has 0 bridgehead atoms. The summed E-state index contributed by atoms with van der Waals surface area (Å²) in [4.78, 5) is 10.8. The van der Waals surface area contributed by atoms with E-state index in [4.69, 9.17) is 5.11 Å². The Labute approximate surface area is 98.2 Å². The zero-order valence-electron chi connectivity index (χ0n) is 8.88. The van der Waals surface area contributed by atoms with Crippen molar-refractivity contribution in [2.24, 2.45) is 0 Å². The van der Waals surface area contributed by atoms with E-state index < -0.39 is 11.9 Å². The number of carboxylic acids is 1. The van der Waals surface area contributed by atoms with E-state index in [0.717, 1.165) is 11.1 Å². The molecule has 0 spiro atoms. The largest absolute Gasteiger partial charge is 0.481 e. The summed E-state index contributed by atoms with van der Waals surface area (Å²) < 4.78 is 0. The van der Waals surface area contributed by atoms with Crippen molar-refractivity contribution in [3.63, 3.8) is 0 Å². The first kappa shape index (κ1) is 10.9. The molecule has 0 radical (unpaired) electrons. The van der Waals surface area contributed by atoms with E-state index in [1.165, 1.54) is 5.56 Å². The summed E-state index contributed by atoms with van der Waals surface area (Å²) in [5, 5.41) is 13.0. The highest BCUT2D eigenvalue weighted by molar-refractivity contribution is 7.08. The highest BCUT2D eigenvalue weighted by Gasteiger charge is 2.13. The van der Waals surface area contributed by atoms with E-state index in [1.807, 2.05) is 29.6 Å². The monoisotopic (exact) mass is 232 g/mol. The summed E-state index contributed by atoms with van der Waals surface area (Å²) >= 11 is 1.66. The Bertz CT molecular complexity index is 471. The van der Waals surface area contributed by atoms with Crippen LogP contribution in [0.3, 0.4) is 0 Å². The molecule has 1 N–H and O–H groups in total. The highest BCUT2D eigenvalue weighted by atomic mass is 32.1. The van der Waals surface area contributed by atoms with Crippen molar-refractivity contribution in [2.45, 2.75) is 12.8 Å². The van der Waals surface area contributed by atoms with Crippen LogP contribution in [0.2, 0.25) is 0 Å². The van der Waals surface area contributed by atoms with Crippen molar-refractivity contribution < 1.29 is 9.90 Å². The van der Waals surface area contributed by atoms with Crippen LogP contribution in [0.5, 0.6) is 0 Å². The number of rotatable bonds is 3. The summed E-state index contributed by atoms with van der Waals surface area (Å²) in [5.74, 6) is -1.24. The summed E-state index contributed by atoms with van der Waals surface area (Å²) in [6.45, 7) is 1.70. The van der Waals surface area contributed by atoms with Gasteiger partial charge in [0.15, 0.2) is 0 Å². The normalized spacial score (nSPS) is 12.3. The number of carbonyl (C=O) groups is 1. The number of aliphatic carboxylic acids is 1. The van der Waals surface area contributed by atoms with Crippen LogP contribution in [0, 0.1) is 0 Å². The van der Waals surface area contributed by atoms with Gasteiger partial charge in [0.1, 0.15) is 0 Å². The van der Waals surface area contributed by atoms with Crippen LogP contribution in [0.25, 0.3) is 11.1 Å². The second-order valence-corrected chi connectivity index (χ2v) is 4.47. The highest BCUT2D eigenvalue weighted by Crippen LogP contribution is 2.24. The van der Waals surface area contributed by atoms with Crippen molar-refractivity contribution in [1.82, 2.24) is 0 Å². The van der Waals surface area contributed by atoms with Gasteiger partial charge < -0.3 is 5.11 Å². The molecule has 0 unspecified atom stereocenters. The van der Waals surface area contributed by atoms with Gasteiger partial charge in [-0.3, -0.25) is 4.79 Å². The van der Waals surface area contributed by atoms with Gasteiger partial charge in [-0.05, 0) is 40.4 Å². The lowest BCUT2D eigenvalue weighted by Crippen LogP contribution is -2.06. The fourth-order valence-electron chi connectivity index (χ4n) is 1.54. The van der Waals surface area contributed by atoms with Crippen molar-refractivity contribution in [3.8, 4) is 11.1 Å². The summed E-state index contributed by atoms with van der Waals surface area (Å²) in [7, 11) is 0. The Morgan fingerprint density at radius 1 is 1.19 bits per heavy atom. The van der Waals surface area contributed by atoms with Crippen LogP contribution in [0.1, 0.15) is 18.4 Å². The maximum absolute atomic E-state index is 10.8. The summed E-state index contributed by atoms with van der Waals surface area (Å²) in [5.41, 5.74) is 3.15. The van der Waals surface area contributed by atoms with E-state index in [9.17, 15) is 4.79 Å². The van der Waals surface area contributed by atoms with Crippen LogP contribution >= 0.6 is 11.3 Å². The predicted molar refractivity (Wildman–Crippen MR) is 65.8 cm³/mol. The van der Waals surface area contributed by atoms with E-state index in [1.54, 1.807) is 18.3 Å². The Kier molecular flexibility index (Phi) is 3.06. The molecule has 2 aromatic rings. The smallest absolute Gasteiger partial charge is 0.310 e. The molecule has 0 saturated heterocycles. The molecule has 2 nitrogen and oxygen atoms in total.